The number of benzene rings is 1. The normalized spacial score (nSPS) is 36.3. The fourth-order valence-corrected chi connectivity index (χ4v) is 5.93. The molecule has 8 nitrogen and oxygen atoms in total. The molecule has 2 amide bonds. The van der Waals surface area contributed by atoms with E-state index in [9.17, 15) is 9.59 Å². The third kappa shape index (κ3) is 5.58. The van der Waals surface area contributed by atoms with Crippen LogP contribution in [0.15, 0.2) is 35.9 Å². The van der Waals surface area contributed by atoms with Gasteiger partial charge in [0.2, 0.25) is 5.91 Å². The number of hydrogen-bond acceptors (Lipinski definition) is 6. The first-order valence-corrected chi connectivity index (χ1v) is 13.5. The molecule has 208 valence electrons. The average molecular weight is 547 g/mol. The van der Waals surface area contributed by atoms with E-state index in [1.807, 2.05) is 58.1 Å². The first-order valence-electron chi connectivity index (χ1n) is 13.1. The van der Waals surface area contributed by atoms with Crippen molar-refractivity contribution in [3.63, 3.8) is 0 Å². The molecule has 4 bridgehead atoms. The summed E-state index contributed by atoms with van der Waals surface area (Å²) < 4.78 is 23.3. The third-order valence-electron chi connectivity index (χ3n) is 8.40. The van der Waals surface area contributed by atoms with Crippen LogP contribution in [0.5, 0.6) is 5.75 Å². The van der Waals surface area contributed by atoms with Gasteiger partial charge in [0, 0.05) is 39.3 Å². The lowest BCUT2D eigenvalue weighted by Crippen LogP contribution is -2.58. The Morgan fingerprint density at radius 3 is 2.63 bits per heavy atom. The number of amides is 2. The van der Waals surface area contributed by atoms with Crippen LogP contribution in [0.4, 0.5) is 10.5 Å². The molecule has 6 atom stereocenters. The minimum Gasteiger partial charge on any atom is -0.495 e. The van der Waals surface area contributed by atoms with E-state index < -0.39 is 17.4 Å². The Labute approximate surface area is 230 Å². The molecule has 3 heterocycles. The molecule has 1 aromatic carbocycles. The monoisotopic (exact) mass is 546 g/mol. The number of rotatable bonds is 2. The first kappa shape index (κ1) is 28.5. The van der Waals surface area contributed by atoms with Gasteiger partial charge in [-0.3, -0.25) is 10.1 Å². The summed E-state index contributed by atoms with van der Waals surface area (Å²) in [6.07, 6.45) is 6.84. The number of epoxide rings is 1. The molecule has 2 saturated heterocycles. The molecular formula is C29H39ClN2O6. The molecule has 2 fully saturated rings. The molecule has 3 aliphatic rings. The standard InChI is InChI=1S/C29H39ClN2O6/c1-17-10-8-9-11-29(36-7)16-23(37-27(34)31-29)19(3)26-28(4,38-26)18(2)13-24(33)32(5)21-14-20(12-17)15-22(35-6)25(21)30/h8-10,14-15,18-19,23,26H,11-13,16H2,1-7H3,(H,31,34)/b9-8+,17-10+/t18?,19-,23+,26+,28+,29-/m1/s1. The van der Waals surface area contributed by atoms with Gasteiger partial charge in [-0.15, -0.1) is 0 Å². The molecular weight excluding hydrogens is 508 g/mol. The third-order valence-corrected chi connectivity index (χ3v) is 8.78. The summed E-state index contributed by atoms with van der Waals surface area (Å²) in [6, 6.07) is 3.85. The average Bonchev–Trinajstić information content (AvgIpc) is 3.58. The second kappa shape index (κ2) is 10.9. The number of carbonyl (C=O) groups excluding carboxylic acids is 2. The van der Waals surface area contributed by atoms with Crippen molar-refractivity contribution in [3.8, 4) is 5.75 Å². The van der Waals surface area contributed by atoms with Crippen LogP contribution in [0.1, 0.15) is 52.5 Å². The van der Waals surface area contributed by atoms with Crippen molar-refractivity contribution >= 4 is 29.3 Å². The molecule has 9 heteroatoms. The number of anilines is 1. The maximum atomic E-state index is 13.4. The largest absolute Gasteiger partial charge is 0.495 e. The second-order valence-electron chi connectivity index (χ2n) is 11.1. The number of nitrogens with zero attached hydrogens (tertiary/aromatic N) is 1. The van der Waals surface area contributed by atoms with Crippen molar-refractivity contribution in [2.75, 3.05) is 26.2 Å². The van der Waals surface area contributed by atoms with Crippen LogP contribution in [0, 0.1) is 11.8 Å². The van der Waals surface area contributed by atoms with Gasteiger partial charge in [-0.25, -0.2) is 4.79 Å². The number of alkyl carbamates (subject to hydrolysis) is 1. The molecule has 0 radical (unpaired) electrons. The number of carbonyl (C=O) groups is 2. The predicted octanol–water partition coefficient (Wildman–Crippen LogP) is 5.42. The van der Waals surface area contributed by atoms with Crippen LogP contribution in [0.2, 0.25) is 5.02 Å². The van der Waals surface area contributed by atoms with Gasteiger partial charge in [-0.1, -0.05) is 49.2 Å². The number of hydrogen-bond donors (Lipinski definition) is 1. The number of ether oxygens (including phenoxy) is 4. The van der Waals surface area contributed by atoms with Gasteiger partial charge < -0.3 is 23.8 Å². The molecule has 1 N–H and O–H groups in total. The number of methoxy groups -OCH3 is 2. The first-order chi connectivity index (χ1) is 17.9. The van der Waals surface area contributed by atoms with Crippen LogP contribution in [-0.2, 0) is 25.4 Å². The number of allylic oxidation sites excluding steroid dienone is 3. The van der Waals surface area contributed by atoms with Gasteiger partial charge in [-0.2, -0.15) is 0 Å². The van der Waals surface area contributed by atoms with Crippen molar-refractivity contribution in [2.45, 2.75) is 76.9 Å². The Balaban J connectivity index is 1.71. The van der Waals surface area contributed by atoms with Gasteiger partial charge in [0.25, 0.3) is 0 Å². The molecule has 38 heavy (non-hydrogen) atoms. The van der Waals surface area contributed by atoms with E-state index in [4.69, 9.17) is 30.5 Å². The van der Waals surface area contributed by atoms with Crippen molar-refractivity contribution in [1.29, 1.82) is 0 Å². The lowest BCUT2D eigenvalue weighted by molar-refractivity contribution is -0.119. The predicted molar refractivity (Wildman–Crippen MR) is 147 cm³/mol. The van der Waals surface area contributed by atoms with Crippen molar-refractivity contribution in [3.05, 3.63) is 46.5 Å². The highest BCUT2D eigenvalue weighted by Gasteiger charge is 2.61. The van der Waals surface area contributed by atoms with Gasteiger partial charge in [0.1, 0.15) is 22.6 Å². The Kier molecular flexibility index (Phi) is 8.17. The van der Waals surface area contributed by atoms with E-state index in [-0.39, 0.29) is 36.4 Å². The van der Waals surface area contributed by atoms with Crippen LogP contribution in [-0.4, -0.2) is 56.8 Å². The van der Waals surface area contributed by atoms with Crippen LogP contribution in [0.25, 0.3) is 0 Å². The zero-order valence-electron chi connectivity index (χ0n) is 23.3. The topological polar surface area (TPSA) is 89.6 Å². The van der Waals surface area contributed by atoms with Gasteiger partial charge in [0.15, 0.2) is 0 Å². The Bertz CT molecular complexity index is 1150. The summed E-state index contributed by atoms with van der Waals surface area (Å²) >= 11 is 6.65. The Morgan fingerprint density at radius 1 is 1.21 bits per heavy atom. The van der Waals surface area contributed by atoms with Crippen LogP contribution >= 0.6 is 11.6 Å². The maximum absolute atomic E-state index is 13.4. The summed E-state index contributed by atoms with van der Waals surface area (Å²) in [5, 5.41) is 3.28. The molecule has 0 aliphatic carbocycles. The van der Waals surface area contributed by atoms with E-state index in [2.05, 4.69) is 5.32 Å². The lowest BCUT2D eigenvalue weighted by atomic mass is 9.81. The highest BCUT2D eigenvalue weighted by atomic mass is 35.5. The molecule has 1 unspecified atom stereocenters. The summed E-state index contributed by atoms with van der Waals surface area (Å²) in [5.41, 5.74) is 1.31. The number of halogens is 1. The summed E-state index contributed by atoms with van der Waals surface area (Å²) in [5.74, 6) is 0.298. The quantitative estimate of drug-likeness (QED) is 0.498. The minimum atomic E-state index is -0.872. The lowest BCUT2D eigenvalue weighted by Gasteiger charge is -2.41. The van der Waals surface area contributed by atoms with Gasteiger partial charge in [-0.05, 0) is 43.9 Å². The summed E-state index contributed by atoms with van der Waals surface area (Å²) in [7, 11) is 4.91. The second-order valence-corrected chi connectivity index (χ2v) is 11.4. The van der Waals surface area contributed by atoms with Gasteiger partial charge in [0.05, 0.1) is 24.5 Å². The van der Waals surface area contributed by atoms with E-state index >= 15 is 0 Å². The Morgan fingerprint density at radius 2 is 1.95 bits per heavy atom. The van der Waals surface area contributed by atoms with Gasteiger partial charge >= 0.3 is 6.09 Å². The SMILES string of the molecule is COc1cc2cc(c1Cl)N(C)C(=O)CC(C)[C@]1(C)O[C@H]1[C@H](C)[C@@H]1C[C@](OC)(C/C=C/C=C(\C)C2)NC(=O)O1. The smallest absolute Gasteiger partial charge is 0.409 e. The summed E-state index contributed by atoms with van der Waals surface area (Å²) in [6.45, 7) is 8.11. The summed E-state index contributed by atoms with van der Waals surface area (Å²) in [4.78, 5) is 27.6. The molecule has 1 aromatic rings. The van der Waals surface area contributed by atoms with E-state index in [1.165, 1.54) is 0 Å². The van der Waals surface area contributed by atoms with Crippen molar-refractivity contribution in [2.24, 2.45) is 11.8 Å². The van der Waals surface area contributed by atoms with Crippen molar-refractivity contribution < 1.29 is 28.5 Å². The van der Waals surface area contributed by atoms with E-state index in [0.717, 1.165) is 11.1 Å². The minimum absolute atomic E-state index is 0.0680. The highest BCUT2D eigenvalue weighted by Crippen LogP contribution is 2.50. The van der Waals surface area contributed by atoms with E-state index in [0.29, 0.717) is 35.7 Å². The zero-order chi connectivity index (χ0) is 27.8. The van der Waals surface area contributed by atoms with E-state index in [1.54, 1.807) is 26.2 Å². The number of nitrogens with one attached hydrogen (secondary N) is 1. The molecule has 4 rings (SSSR count). The fourth-order valence-electron chi connectivity index (χ4n) is 5.62. The number of fused-ring (bicyclic) bond motifs is 5. The molecule has 0 aromatic heterocycles. The fraction of sp³-hybridized carbons (Fsp3) is 0.586. The molecule has 3 aliphatic heterocycles. The van der Waals surface area contributed by atoms with Crippen LogP contribution < -0.4 is 15.0 Å². The maximum Gasteiger partial charge on any atom is 0.409 e. The van der Waals surface area contributed by atoms with Crippen LogP contribution in [0.3, 0.4) is 0 Å². The molecule has 0 saturated carbocycles. The highest BCUT2D eigenvalue weighted by molar-refractivity contribution is 6.35. The van der Waals surface area contributed by atoms with Crippen molar-refractivity contribution in [1.82, 2.24) is 5.32 Å². The zero-order valence-corrected chi connectivity index (χ0v) is 24.1. The Hall–Kier alpha value is -2.55. The molecule has 0 spiro atoms.